The van der Waals surface area contributed by atoms with Gasteiger partial charge in [-0.15, -0.1) is 0 Å². The first-order valence-corrected chi connectivity index (χ1v) is 9.30. The highest BCUT2D eigenvalue weighted by Gasteiger charge is 2.47. The lowest BCUT2D eigenvalue weighted by molar-refractivity contribution is -0.130. The number of rotatable bonds is 4. The van der Waals surface area contributed by atoms with E-state index in [1.54, 1.807) is 29.2 Å². The first-order valence-electron chi connectivity index (χ1n) is 8.92. The van der Waals surface area contributed by atoms with Gasteiger partial charge in [-0.25, -0.2) is 4.39 Å². The zero-order chi connectivity index (χ0) is 18.3. The molecule has 2 fully saturated rings. The molecule has 1 aromatic carbocycles. The molecule has 7 heteroatoms. The Hall–Kier alpha value is -1.92. The van der Waals surface area contributed by atoms with Crippen LogP contribution in [0.5, 0.6) is 0 Å². The van der Waals surface area contributed by atoms with Gasteiger partial charge in [-0.1, -0.05) is 23.7 Å². The molecule has 0 radical (unpaired) electrons. The Morgan fingerprint density at radius 3 is 2.92 bits per heavy atom. The second kappa shape index (κ2) is 7.00. The molecule has 0 N–H and O–H groups in total. The monoisotopic (exact) mass is 376 g/mol. The molecule has 2 aromatic rings. The Morgan fingerprint density at radius 1 is 1.35 bits per heavy atom. The SMILES string of the molecule is CN1C[C@H]2CN(C(=O)CCn3cc(Cl)cn3)C[C@H]2[C@@H]1c1cccc(F)c1. The second-order valence-corrected chi connectivity index (χ2v) is 7.77. The Balaban J connectivity index is 1.41. The molecule has 0 saturated carbocycles. The van der Waals surface area contributed by atoms with E-state index in [-0.39, 0.29) is 17.8 Å². The minimum atomic E-state index is -0.205. The second-order valence-electron chi connectivity index (χ2n) is 7.33. The minimum absolute atomic E-state index is 0.145. The summed E-state index contributed by atoms with van der Waals surface area (Å²) in [7, 11) is 2.08. The van der Waals surface area contributed by atoms with Crippen LogP contribution < -0.4 is 0 Å². The van der Waals surface area contributed by atoms with E-state index < -0.39 is 0 Å². The highest BCUT2D eigenvalue weighted by molar-refractivity contribution is 6.30. The predicted octanol–water partition coefficient (Wildman–Crippen LogP) is 2.83. The molecule has 4 rings (SSSR count). The van der Waals surface area contributed by atoms with Crippen molar-refractivity contribution in [3.63, 3.8) is 0 Å². The van der Waals surface area contributed by atoms with E-state index in [2.05, 4.69) is 17.0 Å². The van der Waals surface area contributed by atoms with Crippen LogP contribution in [0.25, 0.3) is 0 Å². The van der Waals surface area contributed by atoms with Crippen LogP contribution in [0.2, 0.25) is 5.02 Å². The standard InChI is InChI=1S/C19H22ClFN4O/c1-23-9-14-10-24(18(26)5-6-25-11-15(20)8-22-25)12-17(14)19(23)13-3-2-4-16(21)7-13/h2-4,7-8,11,14,17,19H,5-6,9-10,12H2,1H3/t14-,17+,19-/m0/s1. The van der Waals surface area contributed by atoms with Crippen molar-refractivity contribution in [2.45, 2.75) is 19.0 Å². The van der Waals surface area contributed by atoms with Gasteiger partial charge in [0.25, 0.3) is 0 Å². The van der Waals surface area contributed by atoms with Crippen molar-refractivity contribution >= 4 is 17.5 Å². The van der Waals surface area contributed by atoms with E-state index in [1.807, 2.05) is 11.0 Å². The molecular weight excluding hydrogens is 355 g/mol. The summed E-state index contributed by atoms with van der Waals surface area (Å²) in [5.74, 6) is 0.732. The van der Waals surface area contributed by atoms with Crippen LogP contribution in [-0.4, -0.2) is 52.2 Å². The average Bonchev–Trinajstić information content (AvgIpc) is 3.26. The Labute approximate surface area is 157 Å². The number of benzene rings is 1. The Bertz CT molecular complexity index is 810. The summed E-state index contributed by atoms with van der Waals surface area (Å²) in [6.07, 6.45) is 3.71. The number of fused-ring (bicyclic) bond motifs is 1. The van der Waals surface area contributed by atoms with Crippen molar-refractivity contribution in [1.82, 2.24) is 19.6 Å². The zero-order valence-corrected chi connectivity index (χ0v) is 15.4. The van der Waals surface area contributed by atoms with Crippen LogP contribution in [0.4, 0.5) is 4.39 Å². The molecule has 3 atom stereocenters. The third kappa shape index (κ3) is 3.35. The maximum atomic E-state index is 13.7. The van der Waals surface area contributed by atoms with E-state index in [0.29, 0.717) is 29.8 Å². The summed E-state index contributed by atoms with van der Waals surface area (Å²) in [6.45, 7) is 2.98. The van der Waals surface area contributed by atoms with Gasteiger partial charge in [0, 0.05) is 50.8 Å². The van der Waals surface area contributed by atoms with Crippen molar-refractivity contribution in [3.8, 4) is 0 Å². The van der Waals surface area contributed by atoms with Crippen molar-refractivity contribution in [2.75, 3.05) is 26.7 Å². The first kappa shape index (κ1) is 17.5. The molecule has 0 aliphatic carbocycles. The van der Waals surface area contributed by atoms with Crippen LogP contribution in [0.15, 0.2) is 36.7 Å². The van der Waals surface area contributed by atoms with E-state index in [1.165, 1.54) is 6.07 Å². The lowest BCUT2D eigenvalue weighted by Crippen LogP contribution is -2.33. The van der Waals surface area contributed by atoms with Crippen molar-refractivity contribution < 1.29 is 9.18 Å². The number of carbonyl (C=O) groups excluding carboxylic acids is 1. The molecule has 2 saturated heterocycles. The summed E-state index contributed by atoms with van der Waals surface area (Å²) in [5, 5.41) is 4.69. The molecule has 0 spiro atoms. The molecule has 26 heavy (non-hydrogen) atoms. The van der Waals surface area contributed by atoms with E-state index in [4.69, 9.17) is 11.6 Å². The molecule has 138 valence electrons. The highest BCUT2D eigenvalue weighted by atomic mass is 35.5. The Kier molecular flexibility index (Phi) is 4.71. The normalized spacial score (nSPS) is 25.7. The highest BCUT2D eigenvalue weighted by Crippen LogP contribution is 2.44. The maximum absolute atomic E-state index is 13.7. The lowest BCUT2D eigenvalue weighted by Gasteiger charge is -2.27. The molecule has 2 aliphatic heterocycles. The molecule has 1 amide bonds. The quantitative estimate of drug-likeness (QED) is 0.824. The largest absolute Gasteiger partial charge is 0.342 e. The van der Waals surface area contributed by atoms with E-state index in [0.717, 1.165) is 25.2 Å². The predicted molar refractivity (Wildman–Crippen MR) is 97.2 cm³/mol. The van der Waals surface area contributed by atoms with Gasteiger partial charge in [-0.05, 0) is 30.7 Å². The van der Waals surface area contributed by atoms with Gasteiger partial charge in [0.05, 0.1) is 11.2 Å². The van der Waals surface area contributed by atoms with E-state index in [9.17, 15) is 9.18 Å². The zero-order valence-electron chi connectivity index (χ0n) is 14.7. The number of hydrogen-bond donors (Lipinski definition) is 0. The van der Waals surface area contributed by atoms with Crippen LogP contribution >= 0.6 is 11.6 Å². The van der Waals surface area contributed by atoms with Crippen LogP contribution in [-0.2, 0) is 11.3 Å². The van der Waals surface area contributed by atoms with Gasteiger partial charge < -0.3 is 4.90 Å². The third-order valence-corrected chi connectivity index (χ3v) is 5.79. The third-order valence-electron chi connectivity index (χ3n) is 5.59. The van der Waals surface area contributed by atoms with Gasteiger partial charge in [-0.2, -0.15) is 5.10 Å². The molecular formula is C19H22ClFN4O. The minimum Gasteiger partial charge on any atom is -0.342 e. The molecule has 0 unspecified atom stereocenters. The molecule has 5 nitrogen and oxygen atoms in total. The number of aromatic nitrogens is 2. The average molecular weight is 377 g/mol. The van der Waals surface area contributed by atoms with Gasteiger partial charge >= 0.3 is 0 Å². The molecule has 1 aromatic heterocycles. The van der Waals surface area contributed by atoms with Crippen molar-refractivity contribution in [3.05, 3.63) is 53.1 Å². The van der Waals surface area contributed by atoms with Crippen molar-refractivity contribution in [2.24, 2.45) is 11.8 Å². The number of nitrogens with zero attached hydrogens (tertiary/aromatic N) is 4. The van der Waals surface area contributed by atoms with Crippen LogP contribution in [0.3, 0.4) is 0 Å². The summed E-state index contributed by atoms with van der Waals surface area (Å²) in [5.41, 5.74) is 1.00. The van der Waals surface area contributed by atoms with Gasteiger partial charge in [0.2, 0.25) is 5.91 Å². The Morgan fingerprint density at radius 2 is 2.19 bits per heavy atom. The first-order chi connectivity index (χ1) is 12.5. The van der Waals surface area contributed by atoms with Crippen LogP contribution in [0.1, 0.15) is 18.0 Å². The number of hydrogen-bond acceptors (Lipinski definition) is 3. The fourth-order valence-electron chi connectivity index (χ4n) is 4.48. The van der Waals surface area contributed by atoms with Crippen LogP contribution in [0, 0.1) is 17.7 Å². The number of halogens is 2. The summed E-state index contributed by atoms with van der Waals surface area (Å²) in [4.78, 5) is 16.9. The summed E-state index contributed by atoms with van der Waals surface area (Å²) < 4.78 is 15.4. The fraction of sp³-hybridized carbons (Fsp3) is 0.474. The molecule has 0 bridgehead atoms. The van der Waals surface area contributed by atoms with Crippen molar-refractivity contribution in [1.29, 1.82) is 0 Å². The molecule has 2 aliphatic rings. The number of carbonyl (C=O) groups is 1. The fourth-order valence-corrected chi connectivity index (χ4v) is 4.64. The van der Waals surface area contributed by atoms with Gasteiger partial charge in [0.1, 0.15) is 5.82 Å². The number of aryl methyl sites for hydroxylation is 1. The number of likely N-dealkylation sites (tertiary alicyclic amines) is 2. The topological polar surface area (TPSA) is 41.4 Å². The maximum Gasteiger partial charge on any atom is 0.224 e. The lowest BCUT2D eigenvalue weighted by atomic mass is 9.89. The summed E-state index contributed by atoms with van der Waals surface area (Å²) in [6, 6.07) is 7.01. The number of amides is 1. The summed E-state index contributed by atoms with van der Waals surface area (Å²) >= 11 is 5.86. The molecule has 3 heterocycles. The smallest absolute Gasteiger partial charge is 0.224 e. The van der Waals surface area contributed by atoms with Gasteiger partial charge in [-0.3, -0.25) is 14.4 Å². The van der Waals surface area contributed by atoms with E-state index >= 15 is 0 Å². The van der Waals surface area contributed by atoms with Gasteiger partial charge in [0.15, 0.2) is 0 Å².